The minimum atomic E-state index is 0.0876. The lowest BCUT2D eigenvalue weighted by molar-refractivity contribution is 0.0942. The van der Waals surface area contributed by atoms with E-state index >= 15 is 0 Å². The number of benzene rings is 1. The Bertz CT molecular complexity index is 599. The normalized spacial score (nSPS) is 25.7. The molecule has 0 aliphatic carbocycles. The SMILES string of the molecule is O=C(NCCC12CCCN1CCC2)c1cccc([C@@H]2CCCNC2)c1. The lowest BCUT2D eigenvalue weighted by Crippen LogP contribution is -2.41. The van der Waals surface area contributed by atoms with E-state index in [-0.39, 0.29) is 5.91 Å². The summed E-state index contributed by atoms with van der Waals surface area (Å²) in [4.78, 5) is 15.3. The van der Waals surface area contributed by atoms with Crippen molar-refractivity contribution in [2.24, 2.45) is 0 Å². The summed E-state index contributed by atoms with van der Waals surface area (Å²) in [6.45, 7) is 5.46. The van der Waals surface area contributed by atoms with Gasteiger partial charge >= 0.3 is 0 Å². The first-order valence-corrected chi connectivity index (χ1v) is 10.1. The van der Waals surface area contributed by atoms with Gasteiger partial charge in [-0.2, -0.15) is 0 Å². The van der Waals surface area contributed by atoms with Crippen molar-refractivity contribution in [1.29, 1.82) is 0 Å². The second-order valence-electron chi connectivity index (χ2n) is 8.09. The number of carbonyl (C=O) groups is 1. The van der Waals surface area contributed by atoms with E-state index in [1.165, 1.54) is 57.2 Å². The number of amides is 1. The molecule has 4 rings (SSSR count). The van der Waals surface area contributed by atoms with E-state index in [1.54, 1.807) is 0 Å². The van der Waals surface area contributed by atoms with Gasteiger partial charge in [0.15, 0.2) is 0 Å². The molecule has 2 N–H and O–H groups in total. The average molecular weight is 341 g/mol. The number of hydrogen-bond donors (Lipinski definition) is 2. The fourth-order valence-electron chi connectivity index (χ4n) is 5.21. The summed E-state index contributed by atoms with van der Waals surface area (Å²) in [5.41, 5.74) is 2.51. The zero-order valence-electron chi connectivity index (χ0n) is 15.2. The molecule has 0 saturated carbocycles. The number of carbonyl (C=O) groups excluding carboxylic acids is 1. The van der Waals surface area contributed by atoms with Crippen molar-refractivity contribution in [3.8, 4) is 0 Å². The number of nitrogens with one attached hydrogen (secondary N) is 2. The highest BCUT2D eigenvalue weighted by molar-refractivity contribution is 5.94. The van der Waals surface area contributed by atoms with E-state index in [1.807, 2.05) is 12.1 Å². The second kappa shape index (κ2) is 7.46. The van der Waals surface area contributed by atoms with E-state index in [0.29, 0.717) is 11.5 Å². The molecule has 3 aliphatic heterocycles. The smallest absolute Gasteiger partial charge is 0.251 e. The first kappa shape index (κ1) is 17.0. The molecular weight excluding hydrogens is 310 g/mol. The van der Waals surface area contributed by atoms with Crippen molar-refractivity contribution in [1.82, 2.24) is 15.5 Å². The number of nitrogens with zero attached hydrogens (tertiary/aromatic N) is 1. The molecule has 0 aromatic heterocycles. The minimum Gasteiger partial charge on any atom is -0.352 e. The Hall–Kier alpha value is -1.39. The Balaban J connectivity index is 1.33. The number of hydrogen-bond acceptors (Lipinski definition) is 3. The average Bonchev–Trinajstić information content (AvgIpc) is 3.22. The van der Waals surface area contributed by atoms with Gasteiger partial charge < -0.3 is 10.6 Å². The topological polar surface area (TPSA) is 44.4 Å². The number of piperidine rings is 1. The highest BCUT2D eigenvalue weighted by Crippen LogP contribution is 2.40. The molecule has 3 saturated heterocycles. The lowest BCUT2D eigenvalue weighted by Gasteiger charge is -2.32. The van der Waals surface area contributed by atoms with Crippen LogP contribution in [0.15, 0.2) is 24.3 Å². The van der Waals surface area contributed by atoms with E-state index in [0.717, 1.165) is 31.6 Å². The summed E-state index contributed by atoms with van der Waals surface area (Å²) in [5, 5.41) is 6.65. The molecule has 0 bridgehead atoms. The van der Waals surface area contributed by atoms with Crippen LogP contribution in [0.25, 0.3) is 0 Å². The van der Waals surface area contributed by atoms with Crippen molar-refractivity contribution in [3.05, 3.63) is 35.4 Å². The number of rotatable bonds is 5. The van der Waals surface area contributed by atoms with Crippen molar-refractivity contribution < 1.29 is 4.79 Å². The van der Waals surface area contributed by atoms with Gasteiger partial charge in [0.05, 0.1) is 0 Å². The van der Waals surface area contributed by atoms with Crippen LogP contribution in [-0.2, 0) is 0 Å². The predicted molar refractivity (Wildman–Crippen MR) is 101 cm³/mol. The van der Waals surface area contributed by atoms with E-state index in [4.69, 9.17) is 0 Å². The molecule has 1 amide bonds. The van der Waals surface area contributed by atoms with Gasteiger partial charge in [-0.05, 0) is 88.2 Å². The van der Waals surface area contributed by atoms with Gasteiger partial charge in [0.2, 0.25) is 0 Å². The van der Waals surface area contributed by atoms with Crippen LogP contribution in [-0.4, -0.2) is 49.1 Å². The van der Waals surface area contributed by atoms with Crippen LogP contribution in [0.1, 0.15) is 66.8 Å². The Morgan fingerprint density at radius 2 is 2.08 bits per heavy atom. The summed E-state index contributed by atoms with van der Waals surface area (Å²) in [5.74, 6) is 0.635. The Morgan fingerprint density at radius 1 is 1.24 bits per heavy atom. The molecule has 136 valence electrons. The highest BCUT2D eigenvalue weighted by Gasteiger charge is 2.43. The molecule has 0 unspecified atom stereocenters. The van der Waals surface area contributed by atoms with E-state index < -0.39 is 0 Å². The molecule has 0 radical (unpaired) electrons. The van der Waals surface area contributed by atoms with Crippen molar-refractivity contribution in [2.75, 3.05) is 32.7 Å². The van der Waals surface area contributed by atoms with Crippen LogP contribution in [0.4, 0.5) is 0 Å². The standard InChI is InChI=1S/C21H31N3O/c25-20(23-12-10-21-8-3-13-24(21)14-4-9-21)18-6-1-5-17(15-18)19-7-2-11-22-16-19/h1,5-6,15,19,22H,2-4,7-14,16H2,(H,23,25)/t19-/m1/s1. The van der Waals surface area contributed by atoms with Crippen LogP contribution in [0.3, 0.4) is 0 Å². The van der Waals surface area contributed by atoms with Crippen LogP contribution in [0.2, 0.25) is 0 Å². The summed E-state index contributed by atoms with van der Waals surface area (Å²) < 4.78 is 0. The van der Waals surface area contributed by atoms with Crippen LogP contribution < -0.4 is 10.6 Å². The quantitative estimate of drug-likeness (QED) is 0.865. The Morgan fingerprint density at radius 3 is 2.84 bits per heavy atom. The number of fused-ring (bicyclic) bond motifs is 1. The zero-order valence-corrected chi connectivity index (χ0v) is 15.2. The maximum absolute atomic E-state index is 12.6. The molecule has 4 nitrogen and oxygen atoms in total. The minimum absolute atomic E-state index is 0.0876. The maximum Gasteiger partial charge on any atom is 0.251 e. The second-order valence-corrected chi connectivity index (χ2v) is 8.09. The Labute approximate surface area is 151 Å². The summed E-state index contributed by atoms with van der Waals surface area (Å²) in [7, 11) is 0. The monoisotopic (exact) mass is 341 g/mol. The third-order valence-electron chi connectivity index (χ3n) is 6.60. The molecule has 3 fully saturated rings. The van der Waals surface area contributed by atoms with Crippen LogP contribution in [0, 0.1) is 0 Å². The first-order chi connectivity index (χ1) is 12.3. The third-order valence-corrected chi connectivity index (χ3v) is 6.60. The lowest BCUT2D eigenvalue weighted by atomic mass is 9.90. The largest absolute Gasteiger partial charge is 0.352 e. The van der Waals surface area contributed by atoms with Gasteiger partial charge in [-0.1, -0.05) is 12.1 Å². The fourth-order valence-corrected chi connectivity index (χ4v) is 5.21. The molecular formula is C21H31N3O. The molecule has 1 aromatic carbocycles. The van der Waals surface area contributed by atoms with Crippen molar-refractivity contribution >= 4 is 5.91 Å². The van der Waals surface area contributed by atoms with Gasteiger partial charge in [-0.15, -0.1) is 0 Å². The van der Waals surface area contributed by atoms with Crippen LogP contribution >= 0.6 is 0 Å². The van der Waals surface area contributed by atoms with Gasteiger partial charge in [-0.3, -0.25) is 9.69 Å². The first-order valence-electron chi connectivity index (χ1n) is 10.1. The third kappa shape index (κ3) is 3.61. The maximum atomic E-state index is 12.6. The molecule has 1 aromatic rings. The van der Waals surface area contributed by atoms with Crippen LogP contribution in [0.5, 0.6) is 0 Å². The van der Waals surface area contributed by atoms with E-state index in [2.05, 4.69) is 27.7 Å². The van der Waals surface area contributed by atoms with Crippen molar-refractivity contribution in [2.45, 2.75) is 56.4 Å². The van der Waals surface area contributed by atoms with Gasteiger partial charge in [0, 0.05) is 24.2 Å². The molecule has 1 atom stereocenters. The van der Waals surface area contributed by atoms with Crippen molar-refractivity contribution in [3.63, 3.8) is 0 Å². The zero-order chi connectivity index (χ0) is 17.1. The van der Waals surface area contributed by atoms with Gasteiger partial charge in [-0.25, -0.2) is 0 Å². The van der Waals surface area contributed by atoms with E-state index in [9.17, 15) is 4.79 Å². The predicted octanol–water partition coefficient (Wildman–Crippen LogP) is 2.90. The Kier molecular flexibility index (Phi) is 5.09. The van der Waals surface area contributed by atoms with Gasteiger partial charge in [0.25, 0.3) is 5.91 Å². The summed E-state index contributed by atoms with van der Waals surface area (Å²) in [6, 6.07) is 8.25. The summed E-state index contributed by atoms with van der Waals surface area (Å²) >= 11 is 0. The molecule has 3 aliphatic rings. The summed E-state index contributed by atoms with van der Waals surface area (Å²) in [6.07, 6.45) is 8.82. The molecule has 4 heteroatoms. The molecule has 25 heavy (non-hydrogen) atoms. The van der Waals surface area contributed by atoms with Gasteiger partial charge in [0.1, 0.15) is 0 Å². The molecule has 0 spiro atoms. The molecule has 3 heterocycles. The highest BCUT2D eigenvalue weighted by atomic mass is 16.1. The fraction of sp³-hybridized carbons (Fsp3) is 0.667.